The maximum atomic E-state index is 12.6. The monoisotopic (exact) mass is 435 g/mol. The van der Waals surface area contributed by atoms with Crippen LogP contribution in [0.15, 0.2) is 48.3 Å². The van der Waals surface area contributed by atoms with E-state index in [0.717, 1.165) is 36.9 Å². The highest BCUT2D eigenvalue weighted by atomic mass is 16.2. The van der Waals surface area contributed by atoms with E-state index in [4.69, 9.17) is 11.6 Å². The van der Waals surface area contributed by atoms with Gasteiger partial charge in [-0.1, -0.05) is 24.6 Å². The lowest BCUT2D eigenvalue weighted by Crippen LogP contribution is -2.57. The second kappa shape index (κ2) is 8.97. The van der Waals surface area contributed by atoms with E-state index in [1.165, 1.54) is 5.01 Å². The van der Waals surface area contributed by atoms with Crippen molar-refractivity contribution in [2.45, 2.75) is 38.4 Å². The lowest BCUT2D eigenvalue weighted by Gasteiger charge is -2.38. The molecule has 2 atom stereocenters. The first-order valence-corrected chi connectivity index (χ1v) is 10.8. The van der Waals surface area contributed by atoms with Gasteiger partial charge in [-0.3, -0.25) is 14.6 Å². The fourth-order valence-corrected chi connectivity index (χ4v) is 4.43. The molecule has 1 aromatic heterocycles. The van der Waals surface area contributed by atoms with E-state index >= 15 is 0 Å². The predicted octanol–water partition coefficient (Wildman–Crippen LogP) is 1.39. The van der Waals surface area contributed by atoms with Crippen molar-refractivity contribution in [1.29, 1.82) is 0 Å². The molecule has 1 saturated heterocycles. The number of pyridine rings is 1. The number of primary amides is 1. The average Bonchev–Trinajstić information content (AvgIpc) is 3.06. The van der Waals surface area contributed by atoms with Gasteiger partial charge in [0.25, 0.3) is 11.8 Å². The number of nitrogens with two attached hydrogens (primary N) is 2. The Kier molecular flexibility index (Phi) is 6.11. The summed E-state index contributed by atoms with van der Waals surface area (Å²) in [6.07, 6.45) is 4.68. The highest BCUT2D eigenvalue weighted by molar-refractivity contribution is 6.04. The first-order valence-electron chi connectivity index (χ1n) is 10.8. The summed E-state index contributed by atoms with van der Waals surface area (Å²) >= 11 is 0. The number of likely N-dealkylation sites (N-methyl/N-ethyl adjacent to an activating group) is 1. The van der Waals surface area contributed by atoms with Gasteiger partial charge in [0.05, 0.1) is 5.70 Å². The van der Waals surface area contributed by atoms with Gasteiger partial charge in [-0.15, -0.1) is 0 Å². The molecule has 1 fully saturated rings. The summed E-state index contributed by atoms with van der Waals surface area (Å²) in [4.78, 5) is 31.1. The fourth-order valence-electron chi connectivity index (χ4n) is 4.43. The Morgan fingerprint density at radius 2 is 1.91 bits per heavy atom. The van der Waals surface area contributed by atoms with Gasteiger partial charge >= 0.3 is 0 Å². The largest absolute Gasteiger partial charge is 0.364 e. The molecule has 2 aliphatic rings. The minimum Gasteiger partial charge on any atom is -0.364 e. The summed E-state index contributed by atoms with van der Waals surface area (Å²) in [5.74, 6) is 6.01. The average molecular weight is 436 g/mol. The van der Waals surface area contributed by atoms with Crippen molar-refractivity contribution in [3.8, 4) is 0 Å². The summed E-state index contributed by atoms with van der Waals surface area (Å²) in [6.45, 7) is 2.85. The van der Waals surface area contributed by atoms with Crippen LogP contribution in [-0.2, 0) is 4.79 Å². The van der Waals surface area contributed by atoms with Crippen LogP contribution >= 0.6 is 0 Å². The highest BCUT2D eigenvalue weighted by Crippen LogP contribution is 2.35. The number of hydrogen-bond donors (Lipinski definition) is 4. The number of amides is 2. The minimum absolute atomic E-state index is 0.123. The van der Waals surface area contributed by atoms with Crippen molar-refractivity contribution < 1.29 is 9.59 Å². The molecule has 0 aliphatic carbocycles. The Bertz CT molecular complexity index is 1030. The molecule has 2 aromatic rings. The number of anilines is 1. The second-order valence-corrected chi connectivity index (χ2v) is 8.30. The van der Waals surface area contributed by atoms with Crippen LogP contribution in [0.3, 0.4) is 0 Å². The van der Waals surface area contributed by atoms with Gasteiger partial charge in [0.15, 0.2) is 0 Å². The van der Waals surface area contributed by atoms with Gasteiger partial charge in [0.1, 0.15) is 17.7 Å². The second-order valence-electron chi connectivity index (χ2n) is 8.30. The minimum atomic E-state index is -0.583. The van der Waals surface area contributed by atoms with Crippen LogP contribution in [-0.4, -0.2) is 52.5 Å². The molecule has 6 N–H and O–H groups in total. The van der Waals surface area contributed by atoms with E-state index in [-0.39, 0.29) is 23.8 Å². The Hall–Kier alpha value is -3.43. The van der Waals surface area contributed by atoms with Crippen LogP contribution < -0.4 is 22.2 Å². The molecule has 2 amide bonds. The Balaban J connectivity index is 1.57. The van der Waals surface area contributed by atoms with Crippen LogP contribution in [0.2, 0.25) is 0 Å². The molecule has 1 unspecified atom stereocenters. The molecule has 168 valence electrons. The number of piperidine rings is 1. The fraction of sp³-hybridized carbons (Fsp3) is 0.348. The molecule has 9 heteroatoms. The van der Waals surface area contributed by atoms with Gasteiger partial charge in [-0.2, -0.15) is 0 Å². The topological polar surface area (TPSA) is 130 Å². The number of nitrogens with zero attached hydrogens (tertiary/aromatic N) is 3. The summed E-state index contributed by atoms with van der Waals surface area (Å²) in [7, 11) is 1.91. The number of nitrogens with one attached hydrogen (secondary N) is 2. The number of hydrazine groups is 1. The molecule has 2 aliphatic heterocycles. The Morgan fingerprint density at radius 1 is 1.16 bits per heavy atom. The molecule has 0 saturated carbocycles. The van der Waals surface area contributed by atoms with Gasteiger partial charge < -0.3 is 21.3 Å². The molecule has 32 heavy (non-hydrogen) atoms. The zero-order chi connectivity index (χ0) is 22.8. The lowest BCUT2D eigenvalue weighted by atomic mass is 10.0. The van der Waals surface area contributed by atoms with Gasteiger partial charge in [0, 0.05) is 30.4 Å². The van der Waals surface area contributed by atoms with E-state index in [1.807, 2.05) is 24.9 Å². The maximum absolute atomic E-state index is 12.6. The van der Waals surface area contributed by atoms with Crippen LogP contribution in [0.1, 0.15) is 40.7 Å². The number of aryl methyl sites for hydroxylation is 1. The number of carbonyl (C=O) groups is 2. The van der Waals surface area contributed by atoms with E-state index in [0.29, 0.717) is 17.1 Å². The Morgan fingerprint density at radius 3 is 2.50 bits per heavy atom. The molecule has 9 nitrogen and oxygen atoms in total. The summed E-state index contributed by atoms with van der Waals surface area (Å²) in [5.41, 5.74) is 8.89. The van der Waals surface area contributed by atoms with Crippen molar-refractivity contribution in [1.82, 2.24) is 20.2 Å². The standard InChI is InChI=1S/C23H29N7O2/c1-14-6-11-18(27-13-14)28-22(32)16-9-7-15(8-10-16)19-20(21(24)31)30(25)23(29(19)2)17-5-3-4-12-26-17/h6-11,13,17,23,26H,3-5,12,25H2,1-2H3,(H2,24,31)(H,27,28,32)/t17-,23?/m0/s1. The summed E-state index contributed by atoms with van der Waals surface area (Å²) in [5, 5.41) is 7.76. The first kappa shape index (κ1) is 21.8. The molecule has 0 radical (unpaired) electrons. The molecule has 1 aromatic carbocycles. The third-order valence-electron chi connectivity index (χ3n) is 6.03. The van der Waals surface area contributed by atoms with E-state index in [1.54, 1.807) is 36.5 Å². The quantitative estimate of drug-likeness (QED) is 0.522. The number of hydrogen-bond acceptors (Lipinski definition) is 7. The molecule has 0 bridgehead atoms. The predicted molar refractivity (Wildman–Crippen MR) is 123 cm³/mol. The number of carbonyl (C=O) groups excluding carboxylic acids is 2. The van der Waals surface area contributed by atoms with Crippen LogP contribution in [0.4, 0.5) is 5.82 Å². The van der Waals surface area contributed by atoms with Crippen molar-refractivity contribution in [2.75, 3.05) is 18.9 Å². The SMILES string of the molecule is Cc1ccc(NC(=O)c2ccc(C3=C(C(N)=O)N(N)C([C@@H]4CCCCN4)N3C)cc2)nc1. The molecule has 3 heterocycles. The molecular weight excluding hydrogens is 406 g/mol. The maximum Gasteiger partial charge on any atom is 0.268 e. The Labute approximate surface area is 187 Å². The van der Waals surface area contributed by atoms with Crippen molar-refractivity contribution in [3.05, 3.63) is 65.0 Å². The van der Waals surface area contributed by atoms with Gasteiger partial charge in [-0.05, 0) is 50.1 Å². The third kappa shape index (κ3) is 4.17. The smallest absolute Gasteiger partial charge is 0.268 e. The van der Waals surface area contributed by atoms with E-state index in [9.17, 15) is 9.59 Å². The van der Waals surface area contributed by atoms with Gasteiger partial charge in [-0.25, -0.2) is 10.8 Å². The van der Waals surface area contributed by atoms with Gasteiger partial charge in [0.2, 0.25) is 0 Å². The summed E-state index contributed by atoms with van der Waals surface area (Å²) in [6, 6.07) is 10.8. The zero-order valence-electron chi connectivity index (χ0n) is 18.3. The number of rotatable bonds is 5. The first-order chi connectivity index (χ1) is 15.4. The van der Waals surface area contributed by atoms with E-state index < -0.39 is 5.91 Å². The van der Waals surface area contributed by atoms with Crippen molar-refractivity contribution in [3.63, 3.8) is 0 Å². The van der Waals surface area contributed by atoms with Crippen LogP contribution in [0, 0.1) is 6.92 Å². The van der Waals surface area contributed by atoms with Crippen LogP contribution in [0.25, 0.3) is 5.70 Å². The summed E-state index contributed by atoms with van der Waals surface area (Å²) < 4.78 is 0. The lowest BCUT2D eigenvalue weighted by molar-refractivity contribution is -0.116. The van der Waals surface area contributed by atoms with Crippen molar-refractivity contribution >= 4 is 23.3 Å². The molecular formula is C23H29N7O2. The number of aromatic nitrogens is 1. The zero-order valence-corrected chi connectivity index (χ0v) is 18.3. The normalized spacial score (nSPS) is 21.1. The molecule has 4 rings (SSSR count). The van der Waals surface area contributed by atoms with E-state index in [2.05, 4.69) is 15.6 Å². The third-order valence-corrected chi connectivity index (χ3v) is 6.03. The van der Waals surface area contributed by atoms with Crippen molar-refractivity contribution in [2.24, 2.45) is 11.6 Å². The molecule has 0 spiro atoms. The number of benzene rings is 1. The van der Waals surface area contributed by atoms with Crippen LogP contribution in [0.5, 0.6) is 0 Å². The highest BCUT2D eigenvalue weighted by Gasteiger charge is 2.42.